The van der Waals surface area contributed by atoms with Crippen LogP contribution in [0.4, 0.5) is 13.2 Å². The summed E-state index contributed by atoms with van der Waals surface area (Å²) in [7, 11) is 0. The van der Waals surface area contributed by atoms with Gasteiger partial charge in [-0.15, -0.1) is 0 Å². The second kappa shape index (κ2) is 8.48. The Bertz CT molecular complexity index is 1400. The average molecular weight is 465 g/mol. The van der Waals surface area contributed by atoms with Crippen molar-refractivity contribution in [1.82, 2.24) is 4.57 Å². The van der Waals surface area contributed by atoms with Crippen LogP contribution >= 0.6 is 0 Å². The number of para-hydroxylation sites is 1. The quantitative estimate of drug-likeness (QED) is 0.255. The summed E-state index contributed by atoms with van der Waals surface area (Å²) in [6, 6.07) is 14.3. The molecule has 2 heterocycles. The average Bonchev–Trinajstić information content (AvgIpc) is 3.22. The van der Waals surface area contributed by atoms with Gasteiger partial charge in [0.25, 0.3) is 0 Å². The van der Waals surface area contributed by atoms with E-state index in [0.29, 0.717) is 23.1 Å². The van der Waals surface area contributed by atoms with E-state index in [-0.39, 0.29) is 16.7 Å². The molecule has 0 atom stereocenters. The van der Waals surface area contributed by atoms with Gasteiger partial charge in [-0.2, -0.15) is 13.2 Å². The molecule has 7 heteroatoms. The topological polar surface area (TPSA) is 48.3 Å². The number of carbonyl (C=O) groups excluding carboxylic acids is 2. The second-order valence-corrected chi connectivity index (χ2v) is 8.31. The van der Waals surface area contributed by atoms with Crippen LogP contribution < -0.4 is 0 Å². The first-order valence-corrected chi connectivity index (χ1v) is 10.6. The minimum absolute atomic E-state index is 0.133. The van der Waals surface area contributed by atoms with Crippen LogP contribution in [-0.2, 0) is 20.9 Å². The molecular formula is C27H22F3NO3. The van der Waals surface area contributed by atoms with E-state index in [2.05, 4.69) is 11.3 Å². The van der Waals surface area contributed by atoms with Crippen LogP contribution in [0.25, 0.3) is 22.6 Å². The van der Waals surface area contributed by atoms with E-state index >= 15 is 0 Å². The van der Waals surface area contributed by atoms with E-state index in [9.17, 15) is 22.8 Å². The van der Waals surface area contributed by atoms with Gasteiger partial charge in [0.05, 0.1) is 16.7 Å². The number of aromatic nitrogens is 1. The summed E-state index contributed by atoms with van der Waals surface area (Å²) in [6.45, 7) is 8.60. The molecule has 0 unspecified atom stereocenters. The van der Waals surface area contributed by atoms with E-state index in [4.69, 9.17) is 0 Å². The first-order chi connectivity index (χ1) is 16.0. The first-order valence-electron chi connectivity index (χ1n) is 10.6. The summed E-state index contributed by atoms with van der Waals surface area (Å²) in [4.78, 5) is 24.7. The Morgan fingerprint density at radius 1 is 1.00 bits per heavy atom. The predicted octanol–water partition coefficient (Wildman–Crippen LogP) is 6.38. The zero-order valence-electron chi connectivity index (χ0n) is 18.9. The number of hydrogen-bond donors (Lipinski definition) is 0. The van der Waals surface area contributed by atoms with Gasteiger partial charge in [0.15, 0.2) is 0 Å². The molecule has 1 aromatic heterocycles. The second-order valence-electron chi connectivity index (χ2n) is 8.31. The Balaban J connectivity index is 2.04. The van der Waals surface area contributed by atoms with Crippen LogP contribution in [0.1, 0.15) is 36.2 Å². The molecule has 1 saturated heterocycles. The monoisotopic (exact) mass is 465 g/mol. The maximum absolute atomic E-state index is 14.6. The lowest BCUT2D eigenvalue weighted by molar-refractivity contribution is -0.150. The van der Waals surface area contributed by atoms with Gasteiger partial charge in [-0.25, -0.2) is 9.59 Å². The Kier molecular flexibility index (Phi) is 5.81. The largest absolute Gasteiger partial charge is 0.417 e. The van der Waals surface area contributed by atoms with Crippen LogP contribution in [0.15, 0.2) is 71.8 Å². The van der Waals surface area contributed by atoms with Crippen LogP contribution in [0.3, 0.4) is 0 Å². The number of esters is 2. The van der Waals surface area contributed by atoms with Gasteiger partial charge in [-0.3, -0.25) is 0 Å². The Morgan fingerprint density at radius 3 is 2.21 bits per heavy atom. The number of cyclic esters (lactones) is 2. The minimum Gasteiger partial charge on any atom is -0.386 e. The fraction of sp³-hybridized carbons (Fsp3) is 0.185. The first kappa shape index (κ1) is 23.3. The van der Waals surface area contributed by atoms with Crippen LogP contribution in [0, 0.1) is 6.92 Å². The Morgan fingerprint density at radius 2 is 1.62 bits per heavy atom. The molecule has 0 saturated carbocycles. The van der Waals surface area contributed by atoms with Crippen molar-refractivity contribution in [2.75, 3.05) is 0 Å². The lowest BCUT2D eigenvalue weighted by atomic mass is 9.91. The number of allylic oxidation sites excluding steroid dienone is 2. The zero-order chi connectivity index (χ0) is 24.8. The van der Waals surface area contributed by atoms with Gasteiger partial charge in [-0.1, -0.05) is 60.7 Å². The van der Waals surface area contributed by atoms with Gasteiger partial charge < -0.3 is 9.30 Å². The third-order valence-electron chi connectivity index (χ3n) is 5.91. The molecule has 174 valence electrons. The highest BCUT2D eigenvalue weighted by molar-refractivity contribution is 6.23. The van der Waals surface area contributed by atoms with E-state index in [1.807, 2.05) is 24.3 Å². The molecule has 1 aliphatic rings. The summed E-state index contributed by atoms with van der Waals surface area (Å²) < 4.78 is 50.2. The number of halogens is 3. The summed E-state index contributed by atoms with van der Waals surface area (Å²) >= 11 is 0. The van der Waals surface area contributed by atoms with Gasteiger partial charge >= 0.3 is 18.1 Å². The van der Waals surface area contributed by atoms with E-state index < -0.39 is 29.3 Å². The Hall–Kier alpha value is -3.87. The summed E-state index contributed by atoms with van der Waals surface area (Å²) in [5, 5.41) is 0.336. The van der Waals surface area contributed by atoms with Gasteiger partial charge in [-0.05, 0) is 38.0 Å². The molecule has 34 heavy (non-hydrogen) atoms. The molecule has 0 amide bonds. The highest BCUT2D eigenvalue weighted by Crippen LogP contribution is 2.46. The predicted molar refractivity (Wildman–Crippen MR) is 125 cm³/mol. The molecule has 3 aromatic rings. The standard InChI is InChI=1S/C27H22F3NO3/c1-5-17-10-12-18(13-11-17)14-31-16(4)22(19-8-6-7-9-20(19)31)24(27(28,29)30)23-21(15(2)3)25(32)34-26(23)33/h5-13H,1,14H2,2-4H3/b24-23-. The van der Waals surface area contributed by atoms with Crippen LogP contribution in [0.5, 0.6) is 0 Å². The molecule has 0 radical (unpaired) electrons. The molecule has 4 nitrogen and oxygen atoms in total. The number of rotatable bonds is 4. The maximum Gasteiger partial charge on any atom is 0.417 e. The van der Waals surface area contributed by atoms with Crippen molar-refractivity contribution < 1.29 is 27.5 Å². The molecule has 1 fully saturated rings. The Labute approximate surface area is 194 Å². The van der Waals surface area contributed by atoms with Crippen molar-refractivity contribution in [3.05, 3.63) is 94.2 Å². The fourth-order valence-electron chi connectivity index (χ4n) is 4.37. The highest BCUT2D eigenvalue weighted by Gasteiger charge is 2.47. The minimum atomic E-state index is -4.91. The van der Waals surface area contributed by atoms with Crippen molar-refractivity contribution in [1.29, 1.82) is 0 Å². The van der Waals surface area contributed by atoms with Gasteiger partial charge in [0.1, 0.15) is 0 Å². The molecule has 0 spiro atoms. The fourth-order valence-corrected chi connectivity index (χ4v) is 4.37. The molecular weight excluding hydrogens is 443 g/mol. The summed E-state index contributed by atoms with van der Waals surface area (Å²) in [6.07, 6.45) is -3.20. The number of nitrogens with zero attached hydrogens (tertiary/aromatic N) is 1. The molecule has 0 aliphatic carbocycles. The SMILES string of the molecule is C=Cc1ccc(Cn2c(C)c(/C(=C3/C(=O)OC(=O)C3=C(C)C)C(F)(F)F)c3ccccc32)cc1. The van der Waals surface area contributed by atoms with E-state index in [0.717, 1.165) is 11.1 Å². The van der Waals surface area contributed by atoms with Crippen molar-refractivity contribution in [3.63, 3.8) is 0 Å². The van der Waals surface area contributed by atoms with Crippen LogP contribution in [0.2, 0.25) is 0 Å². The smallest absolute Gasteiger partial charge is 0.386 e. The normalized spacial score (nSPS) is 15.6. The molecule has 1 aliphatic heterocycles. The van der Waals surface area contributed by atoms with Gasteiger partial charge in [0.2, 0.25) is 0 Å². The number of fused-ring (bicyclic) bond motifs is 1. The van der Waals surface area contributed by atoms with Crippen LogP contribution in [-0.4, -0.2) is 22.7 Å². The third-order valence-corrected chi connectivity index (χ3v) is 5.91. The maximum atomic E-state index is 14.6. The zero-order valence-corrected chi connectivity index (χ0v) is 18.9. The number of benzene rings is 2. The number of hydrogen-bond acceptors (Lipinski definition) is 3. The third kappa shape index (κ3) is 3.87. The lowest BCUT2D eigenvalue weighted by Crippen LogP contribution is -2.17. The molecule has 0 N–H and O–H groups in total. The van der Waals surface area contributed by atoms with Crippen molar-refractivity contribution in [2.24, 2.45) is 0 Å². The number of carbonyl (C=O) groups is 2. The molecule has 2 aromatic carbocycles. The van der Waals surface area contributed by atoms with Crippen molar-refractivity contribution in [3.8, 4) is 0 Å². The van der Waals surface area contributed by atoms with E-state index in [1.165, 1.54) is 13.8 Å². The lowest BCUT2D eigenvalue weighted by Gasteiger charge is -2.16. The molecule has 0 bridgehead atoms. The molecule has 4 rings (SSSR count). The highest BCUT2D eigenvalue weighted by atomic mass is 19.4. The summed E-state index contributed by atoms with van der Waals surface area (Å²) in [5.74, 6) is -2.35. The number of alkyl halides is 3. The van der Waals surface area contributed by atoms with Crippen molar-refractivity contribution in [2.45, 2.75) is 33.5 Å². The van der Waals surface area contributed by atoms with Gasteiger partial charge in [0, 0.05) is 28.7 Å². The summed E-state index contributed by atoms with van der Waals surface area (Å²) in [5.41, 5.74) is 0.642. The van der Waals surface area contributed by atoms with E-state index in [1.54, 1.807) is 41.8 Å². The van der Waals surface area contributed by atoms with Crippen molar-refractivity contribution >= 4 is 34.5 Å². The number of ether oxygens (including phenoxy) is 1.